The molecule has 0 fully saturated rings. The second-order valence-corrected chi connectivity index (χ2v) is 3.33. The predicted octanol–water partition coefficient (Wildman–Crippen LogP) is 0.399. The first-order chi connectivity index (χ1) is 6.57. The first-order valence-corrected chi connectivity index (χ1v) is 4.49. The number of hydrogen-bond donors (Lipinski definition) is 4. The summed E-state index contributed by atoms with van der Waals surface area (Å²) in [6.07, 6.45) is -2.41. The zero-order valence-electron chi connectivity index (χ0n) is 7.39. The summed E-state index contributed by atoms with van der Waals surface area (Å²) in [5.74, 6) is -0.155. The molecule has 5 heteroatoms. The number of rotatable bonds is 3. The van der Waals surface area contributed by atoms with Crippen LogP contribution in [0.2, 0.25) is 5.02 Å². The average Bonchev–Trinajstić information content (AvgIpc) is 2.16. The Hall–Kier alpha value is -0.810. The molecule has 2 unspecified atom stereocenters. The lowest BCUT2D eigenvalue weighted by Gasteiger charge is -2.18. The molecule has 78 valence electrons. The lowest BCUT2D eigenvalue weighted by Crippen LogP contribution is -2.27. The van der Waals surface area contributed by atoms with Gasteiger partial charge in [0.05, 0.1) is 11.1 Å². The minimum atomic E-state index is -1.27. The molecule has 0 heterocycles. The minimum absolute atomic E-state index is 0.104. The molecule has 1 rings (SSSR count). The second kappa shape index (κ2) is 4.61. The van der Waals surface area contributed by atoms with Crippen molar-refractivity contribution >= 4 is 11.6 Å². The van der Waals surface area contributed by atoms with Crippen LogP contribution in [0.3, 0.4) is 0 Å². The van der Waals surface area contributed by atoms with Crippen LogP contribution in [0.4, 0.5) is 0 Å². The average molecular weight is 218 g/mol. The number of aliphatic hydroxyl groups is 2. The van der Waals surface area contributed by atoms with Crippen molar-refractivity contribution in [3.63, 3.8) is 0 Å². The van der Waals surface area contributed by atoms with Gasteiger partial charge in [-0.1, -0.05) is 17.7 Å². The molecule has 1 aromatic carbocycles. The lowest BCUT2D eigenvalue weighted by atomic mass is 10.0. The van der Waals surface area contributed by atoms with Gasteiger partial charge in [0.15, 0.2) is 0 Å². The lowest BCUT2D eigenvalue weighted by molar-refractivity contribution is 0.0230. The van der Waals surface area contributed by atoms with Gasteiger partial charge >= 0.3 is 0 Å². The summed E-state index contributed by atoms with van der Waals surface area (Å²) in [7, 11) is 0. The van der Waals surface area contributed by atoms with Crippen molar-refractivity contribution in [3.05, 3.63) is 28.8 Å². The molecular formula is C9H12ClNO3. The van der Waals surface area contributed by atoms with Crippen LogP contribution in [0, 0.1) is 0 Å². The Labute approximate surface area is 86.6 Å². The molecule has 1 aromatic rings. The van der Waals surface area contributed by atoms with E-state index in [2.05, 4.69) is 0 Å². The van der Waals surface area contributed by atoms with E-state index >= 15 is 0 Å². The van der Waals surface area contributed by atoms with E-state index in [1.807, 2.05) is 0 Å². The van der Waals surface area contributed by atoms with Gasteiger partial charge in [0.25, 0.3) is 0 Å². The zero-order chi connectivity index (χ0) is 10.7. The van der Waals surface area contributed by atoms with E-state index < -0.39 is 12.2 Å². The van der Waals surface area contributed by atoms with Crippen molar-refractivity contribution in [2.45, 2.75) is 12.2 Å². The maximum Gasteiger partial charge on any atom is 0.122 e. The fourth-order valence-corrected chi connectivity index (χ4v) is 1.42. The molecule has 0 saturated carbocycles. The van der Waals surface area contributed by atoms with Crippen molar-refractivity contribution in [3.8, 4) is 5.75 Å². The Kier molecular flexibility index (Phi) is 3.71. The SMILES string of the molecule is NCC(O)C(O)c1c(O)cccc1Cl. The van der Waals surface area contributed by atoms with Crippen LogP contribution in [0.15, 0.2) is 18.2 Å². The Bertz CT molecular complexity index is 299. The molecule has 14 heavy (non-hydrogen) atoms. The summed E-state index contributed by atoms with van der Waals surface area (Å²) in [6, 6.07) is 4.44. The number of phenols is 1. The van der Waals surface area contributed by atoms with Gasteiger partial charge < -0.3 is 21.1 Å². The maximum atomic E-state index is 9.58. The Balaban J connectivity index is 3.05. The summed E-state index contributed by atoms with van der Waals surface area (Å²) in [5, 5.41) is 28.5. The van der Waals surface area contributed by atoms with E-state index in [-0.39, 0.29) is 22.9 Å². The number of phenolic OH excluding ortho intramolecular Hbond substituents is 1. The number of benzene rings is 1. The molecule has 0 aromatic heterocycles. The molecule has 0 spiro atoms. The molecule has 0 saturated heterocycles. The molecule has 0 amide bonds. The van der Waals surface area contributed by atoms with E-state index in [1.54, 1.807) is 6.07 Å². The van der Waals surface area contributed by atoms with Gasteiger partial charge in [-0.15, -0.1) is 0 Å². The van der Waals surface area contributed by atoms with Crippen LogP contribution in [0.1, 0.15) is 11.7 Å². The van der Waals surface area contributed by atoms with Crippen molar-refractivity contribution < 1.29 is 15.3 Å². The molecular weight excluding hydrogens is 206 g/mol. The minimum Gasteiger partial charge on any atom is -0.508 e. The fraction of sp³-hybridized carbons (Fsp3) is 0.333. The summed E-state index contributed by atoms with van der Waals surface area (Å²) >= 11 is 5.75. The van der Waals surface area contributed by atoms with Crippen LogP contribution in [0.25, 0.3) is 0 Å². The zero-order valence-corrected chi connectivity index (χ0v) is 8.15. The van der Waals surface area contributed by atoms with E-state index in [0.29, 0.717) is 0 Å². The summed E-state index contributed by atoms with van der Waals surface area (Å²) in [5.41, 5.74) is 5.28. The monoisotopic (exact) mass is 217 g/mol. The first kappa shape index (κ1) is 11.3. The molecule has 5 N–H and O–H groups in total. The van der Waals surface area contributed by atoms with Gasteiger partial charge in [-0.25, -0.2) is 0 Å². The number of nitrogens with two attached hydrogens (primary N) is 1. The van der Waals surface area contributed by atoms with Gasteiger partial charge in [0.2, 0.25) is 0 Å². The molecule has 0 radical (unpaired) electrons. The highest BCUT2D eigenvalue weighted by atomic mass is 35.5. The number of hydrogen-bond acceptors (Lipinski definition) is 4. The third-order valence-corrected chi connectivity index (χ3v) is 2.26. The van der Waals surface area contributed by atoms with Crippen molar-refractivity contribution in [1.82, 2.24) is 0 Å². The number of aliphatic hydroxyl groups excluding tert-OH is 2. The van der Waals surface area contributed by atoms with Gasteiger partial charge in [0, 0.05) is 12.1 Å². The van der Waals surface area contributed by atoms with Crippen LogP contribution in [-0.4, -0.2) is 28.0 Å². The van der Waals surface area contributed by atoms with Crippen LogP contribution < -0.4 is 5.73 Å². The van der Waals surface area contributed by atoms with Crippen LogP contribution in [-0.2, 0) is 0 Å². The Morgan fingerprint density at radius 3 is 2.50 bits per heavy atom. The molecule has 0 aliphatic heterocycles. The number of halogens is 1. The summed E-state index contributed by atoms with van der Waals surface area (Å²) in [4.78, 5) is 0. The van der Waals surface area contributed by atoms with Crippen LogP contribution in [0.5, 0.6) is 5.75 Å². The third kappa shape index (κ3) is 2.16. The van der Waals surface area contributed by atoms with E-state index in [0.717, 1.165) is 0 Å². The fourth-order valence-electron chi connectivity index (χ4n) is 1.14. The highest BCUT2D eigenvalue weighted by Gasteiger charge is 2.22. The number of aromatic hydroxyl groups is 1. The van der Waals surface area contributed by atoms with E-state index in [9.17, 15) is 15.3 Å². The Morgan fingerprint density at radius 1 is 1.36 bits per heavy atom. The molecule has 2 atom stereocenters. The van der Waals surface area contributed by atoms with E-state index in [4.69, 9.17) is 17.3 Å². The molecule has 0 aliphatic rings. The van der Waals surface area contributed by atoms with Gasteiger partial charge in [0.1, 0.15) is 11.9 Å². The summed E-state index contributed by atoms with van der Waals surface area (Å²) in [6.45, 7) is -0.105. The van der Waals surface area contributed by atoms with Gasteiger partial charge in [-0.05, 0) is 12.1 Å². The smallest absolute Gasteiger partial charge is 0.122 e. The largest absolute Gasteiger partial charge is 0.508 e. The highest BCUT2D eigenvalue weighted by Crippen LogP contribution is 2.32. The second-order valence-electron chi connectivity index (χ2n) is 2.92. The third-order valence-electron chi connectivity index (χ3n) is 1.93. The van der Waals surface area contributed by atoms with Gasteiger partial charge in [-0.2, -0.15) is 0 Å². The van der Waals surface area contributed by atoms with Crippen molar-refractivity contribution in [1.29, 1.82) is 0 Å². The van der Waals surface area contributed by atoms with Crippen molar-refractivity contribution in [2.75, 3.05) is 6.54 Å². The summed E-state index contributed by atoms with van der Waals surface area (Å²) < 4.78 is 0. The van der Waals surface area contributed by atoms with Gasteiger partial charge in [-0.3, -0.25) is 0 Å². The first-order valence-electron chi connectivity index (χ1n) is 4.11. The molecule has 4 nitrogen and oxygen atoms in total. The van der Waals surface area contributed by atoms with E-state index in [1.165, 1.54) is 12.1 Å². The van der Waals surface area contributed by atoms with Crippen LogP contribution >= 0.6 is 11.6 Å². The quantitative estimate of drug-likeness (QED) is 0.590. The Morgan fingerprint density at radius 2 is 2.00 bits per heavy atom. The predicted molar refractivity (Wildman–Crippen MR) is 53.1 cm³/mol. The standard InChI is InChI=1S/C9H12ClNO3/c10-5-2-1-3-6(12)8(5)9(14)7(13)4-11/h1-3,7,9,12-14H,4,11H2. The molecule has 0 aliphatic carbocycles. The topological polar surface area (TPSA) is 86.7 Å². The normalized spacial score (nSPS) is 15.1. The highest BCUT2D eigenvalue weighted by molar-refractivity contribution is 6.31. The maximum absolute atomic E-state index is 9.58. The van der Waals surface area contributed by atoms with Crippen molar-refractivity contribution in [2.24, 2.45) is 5.73 Å². The molecule has 0 bridgehead atoms.